The number of benzene rings is 1. The van der Waals surface area contributed by atoms with E-state index in [1.54, 1.807) is 29.3 Å². The minimum atomic E-state index is -0.747. The second-order valence-electron chi connectivity index (χ2n) is 4.80. The molecule has 1 aromatic carbocycles. The molecule has 0 unspecified atom stereocenters. The van der Waals surface area contributed by atoms with E-state index in [-0.39, 0.29) is 22.6 Å². The average molecular weight is 367 g/mol. The Morgan fingerprint density at radius 2 is 2.21 bits per heavy atom. The van der Waals surface area contributed by atoms with Gasteiger partial charge in [-0.05, 0) is 12.1 Å². The van der Waals surface area contributed by atoms with Crippen molar-refractivity contribution in [1.29, 1.82) is 0 Å². The lowest BCUT2D eigenvalue weighted by Crippen LogP contribution is -2.32. The molecule has 2 N–H and O–H groups in total. The Labute approximate surface area is 147 Å². The number of aliphatic imine (C=N–C) groups is 1. The summed E-state index contributed by atoms with van der Waals surface area (Å²) in [6, 6.07) is 5.33. The van der Waals surface area contributed by atoms with E-state index in [0.29, 0.717) is 17.2 Å². The third-order valence-corrected chi connectivity index (χ3v) is 4.14. The first-order valence-electron chi connectivity index (χ1n) is 6.77. The summed E-state index contributed by atoms with van der Waals surface area (Å²) in [5.41, 5.74) is 6.68. The van der Waals surface area contributed by atoms with E-state index in [1.807, 2.05) is 0 Å². The number of nitrogens with two attached hydrogens (primary N) is 1. The van der Waals surface area contributed by atoms with Gasteiger partial charge in [-0.1, -0.05) is 23.2 Å². The normalized spacial score (nSPS) is 14.6. The predicted octanol–water partition coefficient (Wildman–Crippen LogP) is 2.70. The maximum Gasteiger partial charge on any atom is 0.254 e. The van der Waals surface area contributed by atoms with E-state index in [0.717, 1.165) is 5.56 Å². The van der Waals surface area contributed by atoms with Crippen LogP contribution in [0, 0.1) is 0 Å². The molecule has 0 aliphatic carbocycles. The predicted molar refractivity (Wildman–Crippen MR) is 91.2 cm³/mol. The number of anilines is 1. The van der Waals surface area contributed by atoms with Crippen LogP contribution in [0.25, 0.3) is 11.3 Å². The minimum Gasteiger partial charge on any atom is -0.496 e. The van der Waals surface area contributed by atoms with Gasteiger partial charge in [-0.3, -0.25) is 9.79 Å². The van der Waals surface area contributed by atoms with Crippen LogP contribution in [0.5, 0.6) is 5.75 Å². The molecular weight excluding hydrogens is 355 g/mol. The molecule has 0 radical (unpaired) electrons. The van der Waals surface area contributed by atoms with Gasteiger partial charge >= 0.3 is 0 Å². The smallest absolute Gasteiger partial charge is 0.254 e. The number of nitrogens with zero attached hydrogens (tertiary/aromatic N) is 3. The number of amides is 1. The first-order valence-corrected chi connectivity index (χ1v) is 7.53. The third-order valence-electron chi connectivity index (χ3n) is 3.44. The molecule has 0 bridgehead atoms. The quantitative estimate of drug-likeness (QED) is 0.839. The number of carbonyl (C=O) groups excluding carboxylic acids is 1. The van der Waals surface area contributed by atoms with E-state index in [1.165, 1.54) is 13.5 Å². The molecule has 2 aromatic rings. The molecule has 0 fully saturated rings. The molecule has 1 aliphatic heterocycles. The third kappa shape index (κ3) is 2.83. The Balaban J connectivity index is 2.03. The second-order valence-corrected chi connectivity index (χ2v) is 5.51. The van der Waals surface area contributed by atoms with Gasteiger partial charge in [0.25, 0.3) is 5.91 Å². The molecule has 3 rings (SSSR count). The number of halogens is 2. The van der Waals surface area contributed by atoms with E-state index < -0.39 is 5.91 Å². The van der Waals surface area contributed by atoms with Gasteiger partial charge < -0.3 is 19.8 Å². The lowest BCUT2D eigenvalue weighted by Gasteiger charge is -2.27. The number of primary amides is 1. The Morgan fingerprint density at radius 3 is 2.83 bits per heavy atom. The van der Waals surface area contributed by atoms with Gasteiger partial charge in [-0.25, -0.2) is 4.98 Å². The summed E-state index contributed by atoms with van der Waals surface area (Å²) < 4.78 is 10.7. The topological polar surface area (TPSA) is 93.9 Å². The van der Waals surface area contributed by atoms with Crippen molar-refractivity contribution in [2.24, 2.45) is 10.7 Å². The van der Waals surface area contributed by atoms with Crippen LogP contribution in [0.3, 0.4) is 0 Å². The van der Waals surface area contributed by atoms with Crippen LogP contribution in [-0.2, 0) is 4.79 Å². The van der Waals surface area contributed by atoms with E-state index in [2.05, 4.69) is 9.98 Å². The zero-order valence-electron chi connectivity index (χ0n) is 12.5. The maximum atomic E-state index is 11.5. The van der Waals surface area contributed by atoms with Gasteiger partial charge in [0.2, 0.25) is 0 Å². The first kappa shape index (κ1) is 16.4. The van der Waals surface area contributed by atoms with Crippen molar-refractivity contribution in [1.82, 2.24) is 4.98 Å². The Morgan fingerprint density at radius 1 is 1.42 bits per heavy atom. The van der Waals surface area contributed by atoms with Crippen molar-refractivity contribution in [2.75, 3.05) is 18.7 Å². The van der Waals surface area contributed by atoms with Crippen LogP contribution in [0.4, 0.5) is 5.69 Å². The highest BCUT2D eigenvalue weighted by Gasteiger charge is 2.26. The molecule has 0 spiro atoms. The highest BCUT2D eigenvalue weighted by molar-refractivity contribution is 6.73. The van der Waals surface area contributed by atoms with Crippen molar-refractivity contribution in [3.63, 3.8) is 0 Å². The molecule has 1 aromatic heterocycles. The van der Waals surface area contributed by atoms with Crippen molar-refractivity contribution in [3.05, 3.63) is 41.5 Å². The number of ether oxygens (including phenoxy) is 1. The molecule has 9 heteroatoms. The molecule has 2 heterocycles. The number of hydrogen-bond donors (Lipinski definition) is 1. The largest absolute Gasteiger partial charge is 0.496 e. The summed E-state index contributed by atoms with van der Waals surface area (Å²) in [5.74, 6) is 0.372. The molecule has 0 saturated carbocycles. The molecule has 7 nitrogen and oxygen atoms in total. The number of oxazole rings is 1. The first-order chi connectivity index (χ1) is 11.5. The fourth-order valence-corrected chi connectivity index (χ4v) is 2.91. The SMILES string of the molecule is COc1cc(N2CN=C(Cl)C(C(N)=O)=C2Cl)ccc1-c1cnco1. The van der Waals surface area contributed by atoms with E-state index in [4.69, 9.17) is 38.1 Å². The van der Waals surface area contributed by atoms with E-state index in [9.17, 15) is 4.79 Å². The molecule has 1 aliphatic rings. The van der Waals surface area contributed by atoms with Crippen molar-refractivity contribution < 1.29 is 13.9 Å². The summed E-state index contributed by atoms with van der Waals surface area (Å²) in [6.07, 6.45) is 2.92. The Hall–Kier alpha value is -2.51. The molecule has 0 saturated heterocycles. The summed E-state index contributed by atoms with van der Waals surface area (Å²) >= 11 is 12.2. The number of methoxy groups -OCH3 is 1. The summed E-state index contributed by atoms with van der Waals surface area (Å²) in [7, 11) is 1.54. The monoisotopic (exact) mass is 366 g/mol. The maximum absolute atomic E-state index is 11.5. The Bertz CT molecular complexity index is 846. The van der Waals surface area contributed by atoms with Crippen molar-refractivity contribution in [2.45, 2.75) is 0 Å². The van der Waals surface area contributed by atoms with Gasteiger partial charge in [0, 0.05) is 11.8 Å². The van der Waals surface area contributed by atoms with Crippen LogP contribution in [-0.4, -0.2) is 29.8 Å². The lowest BCUT2D eigenvalue weighted by molar-refractivity contribution is -0.114. The molecule has 124 valence electrons. The summed E-state index contributed by atoms with van der Waals surface area (Å²) in [4.78, 5) is 21.1. The zero-order valence-corrected chi connectivity index (χ0v) is 14.0. The summed E-state index contributed by atoms with van der Waals surface area (Å²) in [6.45, 7) is 0.152. The molecular formula is C15H12Cl2N4O3. The van der Waals surface area contributed by atoms with Gasteiger partial charge in [0.05, 0.1) is 18.9 Å². The fraction of sp³-hybridized carbons (Fsp3) is 0.133. The minimum absolute atomic E-state index is 0.00556. The zero-order chi connectivity index (χ0) is 17.3. The summed E-state index contributed by atoms with van der Waals surface area (Å²) in [5, 5.41) is 0.103. The number of hydrogen-bond acceptors (Lipinski definition) is 6. The lowest BCUT2D eigenvalue weighted by atomic mass is 10.1. The molecule has 0 atom stereocenters. The number of aromatic nitrogens is 1. The van der Waals surface area contributed by atoms with Crippen LogP contribution in [0.15, 0.2) is 50.9 Å². The molecule has 1 amide bonds. The average Bonchev–Trinajstić information content (AvgIpc) is 3.08. The van der Waals surface area contributed by atoms with Crippen molar-refractivity contribution >= 4 is 40.0 Å². The fourth-order valence-electron chi connectivity index (χ4n) is 2.29. The highest BCUT2D eigenvalue weighted by atomic mass is 35.5. The number of carbonyl (C=O) groups is 1. The highest BCUT2D eigenvalue weighted by Crippen LogP contribution is 2.36. The van der Waals surface area contributed by atoms with Crippen LogP contribution < -0.4 is 15.4 Å². The Kier molecular flexibility index (Phi) is 4.46. The van der Waals surface area contributed by atoms with Crippen LogP contribution >= 0.6 is 23.2 Å². The van der Waals surface area contributed by atoms with Gasteiger partial charge in [-0.2, -0.15) is 0 Å². The van der Waals surface area contributed by atoms with Gasteiger partial charge in [0.1, 0.15) is 28.3 Å². The van der Waals surface area contributed by atoms with Crippen LogP contribution in [0.2, 0.25) is 0 Å². The second kappa shape index (κ2) is 6.54. The number of rotatable bonds is 4. The molecule has 24 heavy (non-hydrogen) atoms. The van der Waals surface area contributed by atoms with E-state index >= 15 is 0 Å². The standard InChI is InChI=1S/C15H12Cl2N4O3/c1-23-10-4-8(2-3-9(10)11-5-19-7-24-11)21-6-20-13(16)12(14(21)17)15(18)22/h2-5,7H,6H2,1H3,(H2,18,22). The van der Waals surface area contributed by atoms with Gasteiger partial charge in [0.15, 0.2) is 12.2 Å². The van der Waals surface area contributed by atoms with Crippen molar-refractivity contribution in [3.8, 4) is 17.1 Å². The van der Waals surface area contributed by atoms with Crippen LogP contribution in [0.1, 0.15) is 0 Å². The van der Waals surface area contributed by atoms with Gasteiger partial charge in [-0.15, -0.1) is 0 Å².